The maximum Gasteiger partial charge on any atom is 0.416 e. The molecule has 3 rings (SSSR count). The van der Waals surface area contributed by atoms with E-state index in [4.69, 9.17) is 11.6 Å². The summed E-state index contributed by atoms with van der Waals surface area (Å²) in [5, 5.41) is 3.10. The predicted molar refractivity (Wildman–Crippen MR) is 95.2 cm³/mol. The van der Waals surface area contributed by atoms with Crippen molar-refractivity contribution in [2.24, 2.45) is 5.92 Å². The van der Waals surface area contributed by atoms with Gasteiger partial charge in [0.25, 0.3) is 0 Å². The molecule has 0 unspecified atom stereocenters. The number of anilines is 1. The van der Waals surface area contributed by atoms with E-state index in [1.807, 2.05) is 0 Å². The van der Waals surface area contributed by atoms with Crippen LogP contribution in [0.15, 0.2) is 48.5 Å². The molecule has 4 nitrogen and oxygen atoms in total. The number of halogens is 4. The van der Waals surface area contributed by atoms with E-state index >= 15 is 0 Å². The van der Waals surface area contributed by atoms with E-state index in [2.05, 4.69) is 5.32 Å². The predicted octanol–water partition coefficient (Wildman–Crippen LogP) is 4.03. The zero-order valence-corrected chi connectivity index (χ0v) is 14.8. The Labute approximate surface area is 158 Å². The first-order chi connectivity index (χ1) is 12.8. The lowest BCUT2D eigenvalue weighted by molar-refractivity contribution is -0.137. The van der Waals surface area contributed by atoms with Gasteiger partial charge in [0.15, 0.2) is 0 Å². The highest BCUT2D eigenvalue weighted by Crippen LogP contribution is 2.30. The van der Waals surface area contributed by atoms with Crippen LogP contribution in [-0.4, -0.2) is 18.4 Å². The summed E-state index contributed by atoms with van der Waals surface area (Å²) in [7, 11) is 0. The number of carbonyl (C=O) groups is 2. The minimum absolute atomic E-state index is 0.0759. The van der Waals surface area contributed by atoms with E-state index in [0.717, 1.165) is 12.1 Å². The van der Waals surface area contributed by atoms with Crippen molar-refractivity contribution < 1.29 is 22.8 Å². The highest BCUT2D eigenvalue weighted by Gasteiger charge is 2.37. The number of hydrogen-bond donors (Lipinski definition) is 1. The number of nitrogens with one attached hydrogen (secondary N) is 1. The van der Waals surface area contributed by atoms with Crippen LogP contribution in [0.1, 0.15) is 17.5 Å². The van der Waals surface area contributed by atoms with E-state index in [0.29, 0.717) is 29.2 Å². The van der Waals surface area contributed by atoms with Crippen LogP contribution in [0.5, 0.6) is 0 Å². The number of nitrogens with zero attached hydrogens (tertiary/aromatic N) is 1. The monoisotopic (exact) mass is 396 g/mol. The van der Waals surface area contributed by atoms with Crippen LogP contribution in [0, 0.1) is 5.92 Å². The van der Waals surface area contributed by atoms with E-state index in [1.54, 1.807) is 24.3 Å². The highest BCUT2D eigenvalue weighted by atomic mass is 35.5. The summed E-state index contributed by atoms with van der Waals surface area (Å²) >= 11 is 5.83. The molecule has 1 atom stereocenters. The van der Waals surface area contributed by atoms with Crippen LogP contribution in [0.25, 0.3) is 0 Å². The molecule has 2 amide bonds. The van der Waals surface area contributed by atoms with E-state index < -0.39 is 23.6 Å². The fraction of sp³-hybridized carbons (Fsp3) is 0.263. The number of alkyl halides is 3. The Morgan fingerprint density at radius 1 is 1.19 bits per heavy atom. The van der Waals surface area contributed by atoms with Gasteiger partial charge in [0.2, 0.25) is 11.8 Å². The SMILES string of the molecule is O=C(NCc1cccc(C(F)(F)F)c1)[C@H]1CCN(c2ccc(Cl)cc2)C1=O. The van der Waals surface area contributed by atoms with Crippen LogP contribution < -0.4 is 10.2 Å². The number of benzene rings is 2. The molecule has 2 aromatic rings. The van der Waals surface area contributed by atoms with Gasteiger partial charge in [-0.15, -0.1) is 0 Å². The first-order valence-electron chi connectivity index (χ1n) is 8.26. The average Bonchev–Trinajstić information content (AvgIpc) is 3.01. The fourth-order valence-electron chi connectivity index (χ4n) is 2.97. The minimum atomic E-state index is -4.44. The molecule has 1 aliphatic rings. The molecule has 0 bridgehead atoms. The van der Waals surface area contributed by atoms with Crippen molar-refractivity contribution in [1.82, 2.24) is 5.32 Å². The summed E-state index contributed by atoms with van der Waals surface area (Å²) in [6.07, 6.45) is -4.10. The highest BCUT2D eigenvalue weighted by molar-refractivity contribution is 6.30. The largest absolute Gasteiger partial charge is 0.416 e. The third kappa shape index (κ3) is 4.42. The maximum absolute atomic E-state index is 12.7. The Kier molecular flexibility index (Phi) is 5.41. The molecule has 0 spiro atoms. The molecule has 1 heterocycles. The van der Waals surface area contributed by atoms with Gasteiger partial charge in [0.1, 0.15) is 5.92 Å². The minimum Gasteiger partial charge on any atom is -0.351 e. The molecule has 0 aliphatic carbocycles. The molecule has 142 valence electrons. The third-order valence-electron chi connectivity index (χ3n) is 4.38. The number of hydrogen-bond acceptors (Lipinski definition) is 2. The number of rotatable bonds is 4. The smallest absolute Gasteiger partial charge is 0.351 e. The molecule has 2 aromatic carbocycles. The quantitative estimate of drug-likeness (QED) is 0.793. The second-order valence-corrected chi connectivity index (χ2v) is 6.66. The van der Waals surface area contributed by atoms with Crippen molar-refractivity contribution >= 4 is 29.1 Å². The van der Waals surface area contributed by atoms with Crippen LogP contribution in [0.4, 0.5) is 18.9 Å². The summed E-state index contributed by atoms with van der Waals surface area (Å²) in [4.78, 5) is 26.4. The van der Waals surface area contributed by atoms with E-state index in [-0.39, 0.29) is 12.5 Å². The van der Waals surface area contributed by atoms with Gasteiger partial charge in [-0.25, -0.2) is 0 Å². The van der Waals surface area contributed by atoms with Crippen molar-refractivity contribution in [3.63, 3.8) is 0 Å². The summed E-state index contributed by atoms with van der Waals surface area (Å²) in [6, 6.07) is 11.4. The van der Waals surface area contributed by atoms with E-state index in [1.165, 1.54) is 17.0 Å². The summed E-state index contributed by atoms with van der Waals surface area (Å²) in [5.74, 6) is -1.68. The zero-order valence-electron chi connectivity index (χ0n) is 14.1. The normalized spacial score (nSPS) is 17.3. The topological polar surface area (TPSA) is 49.4 Å². The second-order valence-electron chi connectivity index (χ2n) is 6.22. The molecular weight excluding hydrogens is 381 g/mol. The van der Waals surface area contributed by atoms with Crippen LogP contribution in [0.2, 0.25) is 5.02 Å². The standard InChI is InChI=1S/C19H16ClF3N2O2/c20-14-4-6-15(7-5-14)25-9-8-16(18(25)27)17(26)24-11-12-2-1-3-13(10-12)19(21,22)23/h1-7,10,16H,8-9,11H2,(H,24,26)/t16-/m1/s1. The second kappa shape index (κ2) is 7.60. The molecule has 0 aromatic heterocycles. The lowest BCUT2D eigenvalue weighted by Gasteiger charge is -2.17. The van der Waals surface area contributed by atoms with Gasteiger partial charge < -0.3 is 10.2 Å². The van der Waals surface area contributed by atoms with Crippen LogP contribution in [-0.2, 0) is 22.3 Å². The van der Waals surface area contributed by atoms with Crippen LogP contribution >= 0.6 is 11.6 Å². The Hall–Kier alpha value is -2.54. The van der Waals surface area contributed by atoms with Gasteiger partial charge in [-0.3, -0.25) is 9.59 Å². The third-order valence-corrected chi connectivity index (χ3v) is 4.63. The van der Waals surface area contributed by atoms with Gasteiger partial charge in [-0.2, -0.15) is 13.2 Å². The maximum atomic E-state index is 12.7. The first kappa shape index (κ1) is 19.2. The lowest BCUT2D eigenvalue weighted by atomic mass is 10.1. The van der Waals surface area contributed by atoms with Crippen molar-refractivity contribution in [3.05, 3.63) is 64.7 Å². The van der Waals surface area contributed by atoms with Gasteiger partial charge in [-0.1, -0.05) is 23.7 Å². The molecule has 1 aliphatic heterocycles. The number of amides is 2. The molecule has 1 N–H and O–H groups in total. The lowest BCUT2D eigenvalue weighted by Crippen LogP contribution is -2.36. The Morgan fingerprint density at radius 2 is 1.89 bits per heavy atom. The fourth-order valence-corrected chi connectivity index (χ4v) is 3.10. The van der Waals surface area contributed by atoms with E-state index in [9.17, 15) is 22.8 Å². The molecule has 1 saturated heterocycles. The van der Waals surface area contributed by atoms with Gasteiger partial charge in [0, 0.05) is 23.8 Å². The zero-order chi connectivity index (χ0) is 19.6. The summed E-state index contributed by atoms with van der Waals surface area (Å²) in [5.41, 5.74) is 0.191. The Morgan fingerprint density at radius 3 is 2.56 bits per heavy atom. The van der Waals surface area contributed by atoms with Crippen molar-refractivity contribution in [1.29, 1.82) is 0 Å². The van der Waals surface area contributed by atoms with Crippen molar-refractivity contribution in [2.45, 2.75) is 19.1 Å². The van der Waals surface area contributed by atoms with Crippen molar-refractivity contribution in [3.8, 4) is 0 Å². The van der Waals surface area contributed by atoms with Crippen molar-refractivity contribution in [2.75, 3.05) is 11.4 Å². The molecular formula is C19H16ClF3N2O2. The molecule has 8 heteroatoms. The average molecular weight is 397 g/mol. The van der Waals surface area contributed by atoms with Gasteiger partial charge in [-0.05, 0) is 48.4 Å². The summed E-state index contributed by atoms with van der Waals surface area (Å²) < 4.78 is 38.2. The Bertz CT molecular complexity index is 853. The molecule has 0 radical (unpaired) electrons. The van der Waals surface area contributed by atoms with Gasteiger partial charge in [0.05, 0.1) is 5.56 Å². The molecule has 1 fully saturated rings. The first-order valence-corrected chi connectivity index (χ1v) is 8.64. The molecule has 27 heavy (non-hydrogen) atoms. The summed E-state index contributed by atoms with van der Waals surface area (Å²) in [6.45, 7) is 0.315. The van der Waals surface area contributed by atoms with Gasteiger partial charge >= 0.3 is 6.18 Å². The van der Waals surface area contributed by atoms with Crippen LogP contribution in [0.3, 0.4) is 0 Å². The Balaban J connectivity index is 1.62. The number of carbonyl (C=O) groups excluding carboxylic acids is 2. The molecule has 0 saturated carbocycles.